The average molecular weight is 375 g/mol. The highest BCUT2D eigenvalue weighted by Gasteiger charge is 2.12. The first-order chi connectivity index (χ1) is 9.70. The lowest BCUT2D eigenvalue weighted by Crippen LogP contribution is -1.94. The molecule has 4 nitrogen and oxygen atoms in total. The predicted molar refractivity (Wildman–Crippen MR) is 84.8 cm³/mol. The van der Waals surface area contributed by atoms with Crippen LogP contribution in [0.15, 0.2) is 36.8 Å². The first kappa shape index (κ1) is 12.9. The number of rotatable bonds is 2. The maximum absolute atomic E-state index is 9.15. The zero-order valence-electron chi connectivity index (χ0n) is 10.6. The Hall–Kier alpha value is -2.07. The van der Waals surface area contributed by atoms with Crippen molar-refractivity contribution >= 4 is 33.5 Å². The largest absolute Gasteiger partial charge is 0.454 e. The van der Waals surface area contributed by atoms with E-state index in [1.165, 1.54) is 6.20 Å². The van der Waals surface area contributed by atoms with Gasteiger partial charge in [0.2, 0.25) is 0 Å². The van der Waals surface area contributed by atoms with Gasteiger partial charge in [-0.15, -0.1) is 0 Å². The van der Waals surface area contributed by atoms with Crippen molar-refractivity contribution in [3.63, 3.8) is 0 Å². The monoisotopic (exact) mass is 375 g/mol. The van der Waals surface area contributed by atoms with Crippen LogP contribution in [0.1, 0.15) is 11.1 Å². The highest BCUT2D eigenvalue weighted by Crippen LogP contribution is 2.34. The smallest absolute Gasteiger partial charge is 0.161 e. The minimum atomic E-state index is 0.436. The van der Waals surface area contributed by atoms with Crippen molar-refractivity contribution < 1.29 is 4.74 Å². The number of nitrogens with one attached hydrogen (secondary N) is 1. The van der Waals surface area contributed by atoms with Gasteiger partial charge in [-0.2, -0.15) is 5.26 Å². The van der Waals surface area contributed by atoms with E-state index in [9.17, 15) is 0 Å². The third-order valence-corrected chi connectivity index (χ3v) is 3.91. The molecule has 0 aliphatic rings. The van der Waals surface area contributed by atoms with Gasteiger partial charge in [-0.05, 0) is 47.7 Å². The summed E-state index contributed by atoms with van der Waals surface area (Å²) in [6, 6.07) is 8.00. The second kappa shape index (κ2) is 5.13. The predicted octanol–water partition coefficient (Wildman–Crippen LogP) is 4.14. The molecule has 0 bridgehead atoms. The normalized spacial score (nSPS) is 10.4. The molecule has 5 heteroatoms. The number of nitriles is 1. The van der Waals surface area contributed by atoms with Crippen molar-refractivity contribution in [1.82, 2.24) is 9.97 Å². The molecule has 2 aromatic heterocycles. The molecule has 0 atom stereocenters. The Morgan fingerprint density at radius 2 is 2.15 bits per heavy atom. The Labute approximate surface area is 129 Å². The number of aromatic amines is 1. The zero-order valence-corrected chi connectivity index (χ0v) is 12.8. The SMILES string of the molecule is Cc1c(Oc2c(I)cncc2C#N)ccc2[nH]ccc12. The lowest BCUT2D eigenvalue weighted by Gasteiger charge is -2.11. The van der Waals surface area contributed by atoms with E-state index in [1.807, 2.05) is 31.3 Å². The van der Waals surface area contributed by atoms with Gasteiger partial charge < -0.3 is 9.72 Å². The summed E-state index contributed by atoms with van der Waals surface area (Å²) in [5, 5.41) is 10.3. The molecule has 0 amide bonds. The van der Waals surface area contributed by atoms with E-state index >= 15 is 0 Å². The summed E-state index contributed by atoms with van der Waals surface area (Å²) >= 11 is 2.12. The summed E-state index contributed by atoms with van der Waals surface area (Å²) in [5.74, 6) is 1.30. The molecule has 0 aliphatic carbocycles. The third kappa shape index (κ3) is 2.12. The van der Waals surface area contributed by atoms with Crippen LogP contribution in [0.25, 0.3) is 10.9 Å². The van der Waals surface area contributed by atoms with Gasteiger partial charge in [0, 0.05) is 35.1 Å². The van der Waals surface area contributed by atoms with E-state index in [2.05, 4.69) is 38.6 Å². The molecule has 0 saturated carbocycles. The van der Waals surface area contributed by atoms with Gasteiger partial charge in [-0.3, -0.25) is 4.98 Å². The summed E-state index contributed by atoms with van der Waals surface area (Å²) < 4.78 is 6.77. The first-order valence-electron chi connectivity index (χ1n) is 5.99. The van der Waals surface area contributed by atoms with Gasteiger partial charge in [0.1, 0.15) is 17.4 Å². The van der Waals surface area contributed by atoms with Gasteiger partial charge >= 0.3 is 0 Å². The minimum Gasteiger partial charge on any atom is -0.454 e. The minimum absolute atomic E-state index is 0.436. The van der Waals surface area contributed by atoms with E-state index in [0.717, 1.165) is 25.8 Å². The summed E-state index contributed by atoms with van der Waals surface area (Å²) in [6.07, 6.45) is 5.10. The van der Waals surface area contributed by atoms with Crippen LogP contribution in [0.4, 0.5) is 0 Å². The Balaban J connectivity index is 2.10. The number of aromatic nitrogens is 2. The van der Waals surface area contributed by atoms with Crippen molar-refractivity contribution in [2.45, 2.75) is 6.92 Å². The van der Waals surface area contributed by atoms with E-state index in [0.29, 0.717) is 11.3 Å². The molecular formula is C15H10IN3O. The standard InChI is InChI=1S/C15H10IN3O/c1-9-11-4-5-19-13(11)2-3-14(9)20-15-10(6-17)7-18-8-12(15)16/h2-5,7-8,19H,1H3. The lowest BCUT2D eigenvalue weighted by atomic mass is 10.1. The van der Waals surface area contributed by atoms with Crippen LogP contribution in [0.3, 0.4) is 0 Å². The van der Waals surface area contributed by atoms with Crippen LogP contribution in [-0.2, 0) is 0 Å². The number of nitrogens with zero attached hydrogens (tertiary/aromatic N) is 2. The fourth-order valence-corrected chi connectivity index (χ4v) is 2.65. The number of halogens is 1. The second-order valence-corrected chi connectivity index (χ2v) is 5.50. The quantitative estimate of drug-likeness (QED) is 0.685. The van der Waals surface area contributed by atoms with Crippen LogP contribution >= 0.6 is 22.6 Å². The number of pyridine rings is 1. The first-order valence-corrected chi connectivity index (χ1v) is 7.06. The number of aryl methyl sites for hydroxylation is 1. The topological polar surface area (TPSA) is 61.7 Å². The van der Waals surface area contributed by atoms with Crippen LogP contribution in [0.5, 0.6) is 11.5 Å². The zero-order chi connectivity index (χ0) is 14.1. The molecule has 0 radical (unpaired) electrons. The number of ether oxygens (including phenoxy) is 1. The van der Waals surface area contributed by atoms with Crippen molar-refractivity contribution in [3.05, 3.63) is 51.5 Å². The van der Waals surface area contributed by atoms with Crippen LogP contribution in [0.2, 0.25) is 0 Å². The molecular weight excluding hydrogens is 365 g/mol. The molecule has 3 rings (SSSR count). The molecule has 1 aromatic carbocycles. The summed E-state index contributed by atoms with van der Waals surface area (Å²) in [4.78, 5) is 7.17. The molecule has 98 valence electrons. The van der Waals surface area contributed by atoms with Gasteiger partial charge in [-0.1, -0.05) is 0 Å². The number of hydrogen-bond donors (Lipinski definition) is 1. The van der Waals surface area contributed by atoms with Crippen molar-refractivity contribution in [3.8, 4) is 17.6 Å². The Bertz CT molecular complexity index is 833. The summed E-state index contributed by atoms with van der Waals surface area (Å²) in [6.45, 7) is 2.01. The van der Waals surface area contributed by atoms with Gasteiger partial charge in [0.05, 0.1) is 3.57 Å². The fourth-order valence-electron chi connectivity index (χ4n) is 2.09. The molecule has 3 aromatic rings. The fraction of sp³-hybridized carbons (Fsp3) is 0.0667. The number of hydrogen-bond acceptors (Lipinski definition) is 3. The van der Waals surface area contributed by atoms with Crippen molar-refractivity contribution in [2.75, 3.05) is 0 Å². The molecule has 1 N–H and O–H groups in total. The number of H-pyrrole nitrogens is 1. The van der Waals surface area contributed by atoms with Gasteiger partial charge in [0.15, 0.2) is 5.75 Å². The Morgan fingerprint density at radius 3 is 2.95 bits per heavy atom. The average Bonchev–Trinajstić information content (AvgIpc) is 2.93. The molecule has 2 heterocycles. The Kier molecular flexibility index (Phi) is 3.32. The lowest BCUT2D eigenvalue weighted by molar-refractivity contribution is 0.474. The maximum Gasteiger partial charge on any atom is 0.161 e. The highest BCUT2D eigenvalue weighted by molar-refractivity contribution is 14.1. The molecule has 0 spiro atoms. The van der Waals surface area contributed by atoms with Crippen LogP contribution in [-0.4, -0.2) is 9.97 Å². The number of fused-ring (bicyclic) bond motifs is 1. The van der Waals surface area contributed by atoms with E-state index in [4.69, 9.17) is 10.00 Å². The Morgan fingerprint density at radius 1 is 1.30 bits per heavy atom. The molecule has 0 fully saturated rings. The maximum atomic E-state index is 9.15. The van der Waals surface area contributed by atoms with E-state index in [1.54, 1.807) is 6.20 Å². The molecule has 0 unspecified atom stereocenters. The van der Waals surface area contributed by atoms with Crippen molar-refractivity contribution in [1.29, 1.82) is 5.26 Å². The van der Waals surface area contributed by atoms with Crippen molar-refractivity contribution in [2.24, 2.45) is 0 Å². The molecule has 20 heavy (non-hydrogen) atoms. The highest BCUT2D eigenvalue weighted by atomic mass is 127. The van der Waals surface area contributed by atoms with E-state index in [-0.39, 0.29) is 0 Å². The second-order valence-electron chi connectivity index (χ2n) is 4.34. The van der Waals surface area contributed by atoms with Crippen LogP contribution < -0.4 is 4.74 Å². The molecule has 0 saturated heterocycles. The number of benzene rings is 1. The van der Waals surface area contributed by atoms with E-state index < -0.39 is 0 Å². The van der Waals surface area contributed by atoms with Crippen LogP contribution in [0, 0.1) is 21.8 Å². The summed E-state index contributed by atoms with van der Waals surface area (Å²) in [5.41, 5.74) is 2.55. The third-order valence-electron chi connectivity index (χ3n) is 3.14. The molecule has 0 aliphatic heterocycles. The summed E-state index contributed by atoms with van der Waals surface area (Å²) in [7, 11) is 0. The van der Waals surface area contributed by atoms with Gasteiger partial charge in [-0.25, -0.2) is 0 Å². The van der Waals surface area contributed by atoms with Gasteiger partial charge in [0.25, 0.3) is 0 Å².